The number of sulfonamides is 1. The monoisotopic (exact) mass is 530 g/mol. The van der Waals surface area contributed by atoms with E-state index >= 15 is 0 Å². The average molecular weight is 531 g/mol. The zero-order valence-corrected chi connectivity index (χ0v) is 20.7. The number of amides is 1. The van der Waals surface area contributed by atoms with Gasteiger partial charge in [0, 0.05) is 24.3 Å². The van der Waals surface area contributed by atoms with Crippen molar-refractivity contribution in [2.45, 2.75) is 10.9 Å². The van der Waals surface area contributed by atoms with E-state index in [-0.39, 0.29) is 26.9 Å². The quantitative estimate of drug-likeness (QED) is 0.349. The number of likely N-dealkylation sites (tertiary alicyclic amines) is 1. The number of likely N-dealkylation sites (N-methyl/N-ethyl adjacent to an activating group) is 1. The Bertz CT molecular complexity index is 1530. The predicted octanol–water partition coefficient (Wildman–Crippen LogP) is 3.78. The summed E-state index contributed by atoms with van der Waals surface area (Å²) in [5, 5.41) is 10.6. The van der Waals surface area contributed by atoms with Gasteiger partial charge in [0.2, 0.25) is 0 Å². The van der Waals surface area contributed by atoms with E-state index in [0.29, 0.717) is 33.5 Å². The van der Waals surface area contributed by atoms with Gasteiger partial charge in [0.1, 0.15) is 4.90 Å². The fourth-order valence-electron chi connectivity index (χ4n) is 3.93. The molecule has 3 heterocycles. The fourth-order valence-corrected chi connectivity index (χ4v) is 5.75. The molecule has 1 fully saturated rings. The highest BCUT2D eigenvalue weighted by Crippen LogP contribution is 2.31. The topological polar surface area (TPSA) is 120 Å². The Morgan fingerprint density at radius 3 is 2.60 bits per heavy atom. The maximum Gasteiger partial charge on any atom is 0.263 e. The lowest BCUT2D eigenvalue weighted by Crippen LogP contribution is -2.57. The summed E-state index contributed by atoms with van der Waals surface area (Å²) < 4.78 is 28.1. The summed E-state index contributed by atoms with van der Waals surface area (Å²) in [7, 11) is -1.95. The molecule has 0 atom stereocenters. The third kappa shape index (κ3) is 4.70. The van der Waals surface area contributed by atoms with Crippen LogP contribution < -0.4 is 10.0 Å². The molecule has 35 heavy (non-hydrogen) atoms. The molecule has 0 unspecified atom stereocenters. The number of H-pyrrole nitrogens is 1. The van der Waals surface area contributed by atoms with Crippen LogP contribution in [-0.2, 0) is 10.0 Å². The van der Waals surface area contributed by atoms with Crippen LogP contribution in [0.15, 0.2) is 59.6 Å². The Balaban J connectivity index is 1.41. The van der Waals surface area contributed by atoms with Gasteiger partial charge in [-0.2, -0.15) is 5.10 Å². The number of anilines is 1. The van der Waals surface area contributed by atoms with Crippen LogP contribution in [0.3, 0.4) is 0 Å². The first-order valence-electron chi connectivity index (χ1n) is 10.6. The van der Waals surface area contributed by atoms with Crippen LogP contribution in [0, 0.1) is 0 Å². The molecule has 0 aliphatic carbocycles. The SMILES string of the molecule is CN1CC(NC(=O)c2cc(-c3ccc(NS(=O)(=O)c4cccc(Cl)c4Cl)cc3)nc3[nH]ncc23)C1. The van der Waals surface area contributed by atoms with Crippen molar-refractivity contribution in [1.29, 1.82) is 0 Å². The van der Waals surface area contributed by atoms with E-state index in [0.717, 1.165) is 13.1 Å². The molecule has 180 valence electrons. The Kier molecular flexibility index (Phi) is 6.14. The minimum absolute atomic E-state index is 0.0466. The van der Waals surface area contributed by atoms with Crippen molar-refractivity contribution in [3.8, 4) is 11.3 Å². The first kappa shape index (κ1) is 23.6. The molecule has 0 radical (unpaired) electrons. The lowest BCUT2D eigenvalue weighted by molar-refractivity contribution is 0.0859. The number of pyridine rings is 1. The van der Waals surface area contributed by atoms with Crippen LogP contribution in [0.1, 0.15) is 10.4 Å². The molecule has 0 saturated carbocycles. The van der Waals surface area contributed by atoms with E-state index in [1.54, 1.807) is 36.5 Å². The fraction of sp³-hybridized carbons (Fsp3) is 0.174. The maximum absolute atomic E-state index is 13.0. The van der Waals surface area contributed by atoms with Crippen LogP contribution in [0.5, 0.6) is 0 Å². The normalized spacial score (nSPS) is 14.6. The van der Waals surface area contributed by atoms with E-state index in [1.165, 1.54) is 18.2 Å². The summed E-state index contributed by atoms with van der Waals surface area (Å²) in [5.41, 5.74) is 2.53. The third-order valence-corrected chi connectivity index (χ3v) is 8.06. The van der Waals surface area contributed by atoms with Crippen LogP contribution in [0.25, 0.3) is 22.3 Å². The van der Waals surface area contributed by atoms with Gasteiger partial charge in [-0.3, -0.25) is 14.6 Å². The smallest absolute Gasteiger partial charge is 0.263 e. The number of nitrogens with zero attached hydrogens (tertiary/aromatic N) is 3. The largest absolute Gasteiger partial charge is 0.347 e. The van der Waals surface area contributed by atoms with E-state index < -0.39 is 10.0 Å². The summed E-state index contributed by atoms with van der Waals surface area (Å²) in [5.74, 6) is -0.194. The Labute approximate surface area is 211 Å². The number of benzene rings is 2. The molecule has 3 N–H and O–H groups in total. The second-order valence-electron chi connectivity index (χ2n) is 8.31. The van der Waals surface area contributed by atoms with Gasteiger partial charge in [-0.05, 0) is 37.4 Å². The molecule has 0 spiro atoms. The molecule has 1 amide bonds. The molecule has 9 nitrogen and oxygen atoms in total. The van der Waals surface area contributed by atoms with E-state index in [2.05, 4.69) is 30.1 Å². The van der Waals surface area contributed by atoms with Crippen LogP contribution in [0.2, 0.25) is 10.0 Å². The molecule has 12 heteroatoms. The molecule has 1 saturated heterocycles. The van der Waals surface area contributed by atoms with Crippen molar-refractivity contribution in [2.24, 2.45) is 0 Å². The summed E-state index contributed by atoms with van der Waals surface area (Å²) in [6, 6.07) is 12.9. The van der Waals surface area contributed by atoms with Crippen LogP contribution in [-0.4, -0.2) is 60.6 Å². The predicted molar refractivity (Wildman–Crippen MR) is 135 cm³/mol. The van der Waals surface area contributed by atoms with Crippen LogP contribution >= 0.6 is 23.2 Å². The average Bonchev–Trinajstić information content (AvgIpc) is 3.28. The number of halogens is 2. The molecule has 2 aromatic carbocycles. The number of carbonyl (C=O) groups excluding carboxylic acids is 1. The van der Waals surface area contributed by atoms with E-state index in [9.17, 15) is 13.2 Å². The van der Waals surface area contributed by atoms with E-state index in [1.807, 2.05) is 7.05 Å². The van der Waals surface area contributed by atoms with Gasteiger partial charge in [0.05, 0.1) is 38.9 Å². The molecule has 2 aromatic heterocycles. The lowest BCUT2D eigenvalue weighted by atomic mass is 10.0. The highest BCUT2D eigenvalue weighted by atomic mass is 35.5. The van der Waals surface area contributed by atoms with Crippen molar-refractivity contribution in [3.63, 3.8) is 0 Å². The minimum atomic E-state index is -3.95. The molecule has 4 aromatic rings. The summed E-state index contributed by atoms with van der Waals surface area (Å²) in [4.78, 5) is 19.5. The molecular weight excluding hydrogens is 511 g/mol. The highest BCUT2D eigenvalue weighted by Gasteiger charge is 2.26. The summed E-state index contributed by atoms with van der Waals surface area (Å²) >= 11 is 12.0. The molecule has 1 aliphatic heterocycles. The Morgan fingerprint density at radius 1 is 1.14 bits per heavy atom. The van der Waals surface area contributed by atoms with Gasteiger partial charge in [0.25, 0.3) is 15.9 Å². The van der Waals surface area contributed by atoms with Crippen molar-refractivity contribution in [2.75, 3.05) is 24.9 Å². The molecular formula is C23H20Cl2N6O3S. The first-order chi connectivity index (χ1) is 16.7. The van der Waals surface area contributed by atoms with Gasteiger partial charge in [-0.1, -0.05) is 41.4 Å². The Hall–Kier alpha value is -3.18. The van der Waals surface area contributed by atoms with Gasteiger partial charge in [-0.15, -0.1) is 0 Å². The highest BCUT2D eigenvalue weighted by molar-refractivity contribution is 7.92. The maximum atomic E-state index is 13.0. The summed E-state index contributed by atoms with van der Waals surface area (Å²) in [6.45, 7) is 1.60. The molecule has 5 rings (SSSR count). The lowest BCUT2D eigenvalue weighted by Gasteiger charge is -2.36. The van der Waals surface area contributed by atoms with Crippen molar-refractivity contribution in [3.05, 3.63) is 70.3 Å². The second-order valence-corrected chi connectivity index (χ2v) is 10.7. The number of nitrogens with one attached hydrogen (secondary N) is 3. The van der Waals surface area contributed by atoms with Gasteiger partial charge in [0.15, 0.2) is 5.65 Å². The standard InChI is InChI=1S/C23H20Cl2N6O3S/c1-31-11-15(12-31)27-23(32)16-9-19(28-22-17(16)10-26-29-22)13-5-7-14(8-6-13)30-35(33,34)20-4-2-3-18(24)21(20)25/h2-10,15,30H,11-12H2,1H3,(H,27,32)(H,26,28,29). The van der Waals surface area contributed by atoms with Gasteiger partial charge < -0.3 is 10.2 Å². The number of hydrogen-bond donors (Lipinski definition) is 3. The number of rotatable bonds is 6. The molecule has 0 bridgehead atoms. The number of aromatic nitrogens is 3. The zero-order valence-electron chi connectivity index (χ0n) is 18.4. The molecule has 1 aliphatic rings. The Morgan fingerprint density at radius 2 is 1.89 bits per heavy atom. The van der Waals surface area contributed by atoms with E-state index in [4.69, 9.17) is 23.2 Å². The summed E-state index contributed by atoms with van der Waals surface area (Å²) in [6.07, 6.45) is 1.58. The third-order valence-electron chi connectivity index (χ3n) is 5.71. The van der Waals surface area contributed by atoms with Crippen molar-refractivity contribution in [1.82, 2.24) is 25.4 Å². The van der Waals surface area contributed by atoms with Gasteiger partial charge >= 0.3 is 0 Å². The second kappa shape index (κ2) is 9.12. The number of fused-ring (bicyclic) bond motifs is 1. The number of aromatic amines is 1. The van der Waals surface area contributed by atoms with Crippen LogP contribution in [0.4, 0.5) is 5.69 Å². The van der Waals surface area contributed by atoms with Gasteiger partial charge in [-0.25, -0.2) is 13.4 Å². The minimum Gasteiger partial charge on any atom is -0.347 e. The van der Waals surface area contributed by atoms with Crippen molar-refractivity contribution >= 4 is 55.9 Å². The zero-order chi connectivity index (χ0) is 24.7. The first-order valence-corrected chi connectivity index (χ1v) is 12.9. The number of hydrogen-bond acceptors (Lipinski definition) is 6. The number of carbonyl (C=O) groups is 1. The van der Waals surface area contributed by atoms with Crippen molar-refractivity contribution < 1.29 is 13.2 Å².